The molecule has 0 aliphatic carbocycles. The van der Waals surface area contributed by atoms with Crippen LogP contribution in [0.25, 0.3) is 0 Å². The summed E-state index contributed by atoms with van der Waals surface area (Å²) in [6, 6.07) is 0. The van der Waals surface area contributed by atoms with Gasteiger partial charge >= 0.3 is 0 Å². The Kier molecular flexibility index (Phi) is 3.98. The van der Waals surface area contributed by atoms with E-state index in [9.17, 15) is 4.79 Å². The molecular formula is C13H24N2O. The van der Waals surface area contributed by atoms with E-state index in [0.29, 0.717) is 17.6 Å². The molecule has 2 rings (SSSR count). The number of ketones is 1. The molecule has 2 unspecified atom stereocenters. The maximum absolute atomic E-state index is 12.4. The summed E-state index contributed by atoms with van der Waals surface area (Å²) >= 11 is 0. The number of likely N-dealkylation sites (tertiary alicyclic amines) is 2. The lowest BCUT2D eigenvalue weighted by molar-refractivity contribution is -0.129. The molecule has 0 saturated carbocycles. The lowest BCUT2D eigenvalue weighted by Crippen LogP contribution is -2.43. The summed E-state index contributed by atoms with van der Waals surface area (Å²) in [6.45, 7) is 4.29. The number of carbonyl (C=O) groups excluding carboxylic acids is 1. The highest BCUT2D eigenvalue weighted by atomic mass is 16.1. The summed E-state index contributed by atoms with van der Waals surface area (Å²) in [6.07, 6.45) is 4.61. The van der Waals surface area contributed by atoms with Gasteiger partial charge in [0.05, 0.1) is 0 Å². The second-order valence-corrected chi connectivity index (χ2v) is 5.61. The first-order valence-electron chi connectivity index (χ1n) is 6.57. The van der Waals surface area contributed by atoms with Crippen LogP contribution in [0.5, 0.6) is 0 Å². The Balaban J connectivity index is 1.90. The molecule has 0 radical (unpaired) electrons. The van der Waals surface area contributed by atoms with E-state index in [2.05, 4.69) is 23.9 Å². The summed E-state index contributed by atoms with van der Waals surface area (Å²) in [5.74, 6) is 1.17. The molecule has 16 heavy (non-hydrogen) atoms. The Hall–Kier alpha value is -0.410. The van der Waals surface area contributed by atoms with Gasteiger partial charge in [0.1, 0.15) is 5.78 Å². The minimum atomic E-state index is 0.315. The van der Waals surface area contributed by atoms with Gasteiger partial charge in [-0.2, -0.15) is 0 Å². The van der Waals surface area contributed by atoms with E-state index >= 15 is 0 Å². The van der Waals surface area contributed by atoms with Crippen molar-refractivity contribution < 1.29 is 4.79 Å². The van der Waals surface area contributed by atoms with Crippen LogP contribution in [0.1, 0.15) is 25.7 Å². The molecule has 0 N–H and O–H groups in total. The lowest BCUT2D eigenvalue weighted by atomic mass is 9.83. The van der Waals surface area contributed by atoms with Crippen LogP contribution in [0.15, 0.2) is 0 Å². The quantitative estimate of drug-likeness (QED) is 0.705. The van der Waals surface area contributed by atoms with Crippen LogP contribution < -0.4 is 0 Å². The lowest BCUT2D eigenvalue weighted by Gasteiger charge is -2.34. The monoisotopic (exact) mass is 224 g/mol. The van der Waals surface area contributed by atoms with Crippen LogP contribution in [0.4, 0.5) is 0 Å². The van der Waals surface area contributed by atoms with Crippen molar-refractivity contribution in [1.82, 2.24) is 9.80 Å². The molecule has 3 heteroatoms. The summed E-state index contributed by atoms with van der Waals surface area (Å²) < 4.78 is 0. The summed E-state index contributed by atoms with van der Waals surface area (Å²) in [4.78, 5) is 17.0. The second kappa shape index (κ2) is 5.28. The maximum Gasteiger partial charge on any atom is 0.141 e. The van der Waals surface area contributed by atoms with E-state index in [-0.39, 0.29) is 0 Å². The average Bonchev–Trinajstić information content (AvgIpc) is 2.28. The van der Waals surface area contributed by atoms with E-state index in [1.807, 2.05) is 0 Å². The van der Waals surface area contributed by atoms with Gasteiger partial charge in [-0.05, 0) is 52.9 Å². The van der Waals surface area contributed by atoms with Crippen LogP contribution in [0.2, 0.25) is 0 Å². The van der Waals surface area contributed by atoms with Crippen molar-refractivity contribution >= 4 is 5.78 Å². The fraction of sp³-hybridized carbons (Fsp3) is 0.923. The topological polar surface area (TPSA) is 23.6 Å². The van der Waals surface area contributed by atoms with Crippen LogP contribution in [0, 0.1) is 11.8 Å². The van der Waals surface area contributed by atoms with E-state index in [1.165, 1.54) is 12.8 Å². The largest absolute Gasteiger partial charge is 0.306 e. The van der Waals surface area contributed by atoms with Gasteiger partial charge in [-0.1, -0.05) is 0 Å². The zero-order chi connectivity index (χ0) is 11.5. The van der Waals surface area contributed by atoms with Crippen molar-refractivity contribution in [3.8, 4) is 0 Å². The van der Waals surface area contributed by atoms with Crippen molar-refractivity contribution in [2.45, 2.75) is 25.7 Å². The SMILES string of the molecule is CN1CCCC(C(=O)C2CCCN(C)C2)C1. The third-order valence-corrected chi connectivity index (χ3v) is 4.05. The fourth-order valence-corrected chi connectivity index (χ4v) is 3.13. The molecule has 2 heterocycles. The average molecular weight is 224 g/mol. The molecule has 0 aromatic rings. The first-order valence-corrected chi connectivity index (χ1v) is 6.57. The molecule has 2 aliphatic rings. The van der Waals surface area contributed by atoms with Gasteiger partial charge in [-0.25, -0.2) is 0 Å². The normalized spacial score (nSPS) is 33.9. The number of carbonyl (C=O) groups is 1. The van der Waals surface area contributed by atoms with Gasteiger partial charge in [0, 0.05) is 24.9 Å². The van der Waals surface area contributed by atoms with E-state index in [1.54, 1.807) is 0 Å². The Morgan fingerprint density at radius 2 is 1.38 bits per heavy atom. The predicted octanol–water partition coefficient (Wildman–Crippen LogP) is 1.24. The number of hydrogen-bond donors (Lipinski definition) is 0. The summed E-state index contributed by atoms with van der Waals surface area (Å²) in [7, 11) is 4.26. The highest BCUT2D eigenvalue weighted by Gasteiger charge is 2.31. The van der Waals surface area contributed by atoms with Crippen molar-refractivity contribution in [3.63, 3.8) is 0 Å². The Morgan fingerprint density at radius 1 is 0.938 bits per heavy atom. The summed E-state index contributed by atoms with van der Waals surface area (Å²) in [5.41, 5.74) is 0. The molecule has 2 fully saturated rings. The Bertz CT molecular complexity index is 230. The number of piperidine rings is 2. The Morgan fingerprint density at radius 3 is 1.75 bits per heavy atom. The first-order chi connectivity index (χ1) is 7.66. The van der Waals surface area contributed by atoms with Crippen LogP contribution in [-0.2, 0) is 4.79 Å². The number of Topliss-reactive ketones (excluding diaryl/α,β-unsaturated/α-hetero) is 1. The van der Waals surface area contributed by atoms with Gasteiger partial charge in [0.15, 0.2) is 0 Å². The molecule has 0 spiro atoms. The number of rotatable bonds is 2. The van der Waals surface area contributed by atoms with E-state index < -0.39 is 0 Å². The molecule has 0 aromatic carbocycles. The fourth-order valence-electron chi connectivity index (χ4n) is 3.13. The standard InChI is InChI=1S/C13H24N2O/c1-14-7-3-5-11(9-14)13(16)12-6-4-8-15(2)10-12/h11-12H,3-10H2,1-2H3. The molecule has 0 bridgehead atoms. The van der Waals surface area contributed by atoms with Crippen molar-refractivity contribution in [1.29, 1.82) is 0 Å². The zero-order valence-electron chi connectivity index (χ0n) is 10.6. The Labute approximate surface area is 98.8 Å². The molecule has 92 valence electrons. The zero-order valence-corrected chi connectivity index (χ0v) is 10.6. The molecule has 2 atom stereocenters. The minimum absolute atomic E-state index is 0.315. The van der Waals surface area contributed by atoms with Crippen molar-refractivity contribution in [2.24, 2.45) is 11.8 Å². The molecule has 0 aromatic heterocycles. The van der Waals surface area contributed by atoms with E-state index in [4.69, 9.17) is 0 Å². The van der Waals surface area contributed by atoms with Crippen molar-refractivity contribution in [2.75, 3.05) is 40.3 Å². The molecule has 2 aliphatic heterocycles. The second-order valence-electron chi connectivity index (χ2n) is 5.61. The van der Waals surface area contributed by atoms with Gasteiger partial charge < -0.3 is 9.80 Å². The minimum Gasteiger partial charge on any atom is -0.306 e. The van der Waals surface area contributed by atoms with Crippen LogP contribution >= 0.6 is 0 Å². The van der Waals surface area contributed by atoms with E-state index in [0.717, 1.165) is 39.0 Å². The molecule has 3 nitrogen and oxygen atoms in total. The predicted molar refractivity (Wildman–Crippen MR) is 65.4 cm³/mol. The maximum atomic E-state index is 12.4. The van der Waals surface area contributed by atoms with Gasteiger partial charge in [0.2, 0.25) is 0 Å². The highest BCUT2D eigenvalue weighted by Crippen LogP contribution is 2.24. The number of hydrogen-bond acceptors (Lipinski definition) is 3. The van der Waals surface area contributed by atoms with Gasteiger partial charge in [0.25, 0.3) is 0 Å². The number of nitrogens with zero attached hydrogens (tertiary/aromatic N) is 2. The van der Waals surface area contributed by atoms with Gasteiger partial charge in [-0.3, -0.25) is 4.79 Å². The highest BCUT2D eigenvalue weighted by molar-refractivity contribution is 5.84. The molecule has 2 saturated heterocycles. The van der Waals surface area contributed by atoms with Crippen molar-refractivity contribution in [3.05, 3.63) is 0 Å². The van der Waals surface area contributed by atoms with Crippen LogP contribution in [0.3, 0.4) is 0 Å². The van der Waals surface area contributed by atoms with Crippen LogP contribution in [-0.4, -0.2) is 55.9 Å². The third kappa shape index (κ3) is 2.83. The smallest absolute Gasteiger partial charge is 0.141 e. The summed E-state index contributed by atoms with van der Waals surface area (Å²) in [5, 5.41) is 0. The first kappa shape index (κ1) is 12.1. The van der Waals surface area contributed by atoms with Gasteiger partial charge in [-0.15, -0.1) is 0 Å². The molecule has 0 amide bonds. The third-order valence-electron chi connectivity index (χ3n) is 4.05. The molecular weight excluding hydrogens is 200 g/mol.